The van der Waals surface area contributed by atoms with Crippen molar-refractivity contribution in [2.75, 3.05) is 11.9 Å². The van der Waals surface area contributed by atoms with Crippen molar-refractivity contribution in [1.82, 2.24) is 4.98 Å². The van der Waals surface area contributed by atoms with Crippen LogP contribution in [0.3, 0.4) is 0 Å². The summed E-state index contributed by atoms with van der Waals surface area (Å²) in [6.07, 6.45) is 0.752. The van der Waals surface area contributed by atoms with Gasteiger partial charge >= 0.3 is 0 Å². The van der Waals surface area contributed by atoms with Gasteiger partial charge in [0.2, 0.25) is 0 Å². The van der Waals surface area contributed by atoms with Gasteiger partial charge < -0.3 is 10.1 Å². The average molecular weight is 317 g/mol. The number of hydrogen-bond acceptors (Lipinski definition) is 3. The highest BCUT2D eigenvalue weighted by molar-refractivity contribution is 6.30. The first-order valence-corrected chi connectivity index (χ1v) is 6.62. The molecule has 0 unspecified atom stereocenters. The van der Waals surface area contributed by atoms with Crippen LogP contribution in [0.25, 0.3) is 0 Å². The number of ether oxygens (including phenoxy) is 1. The van der Waals surface area contributed by atoms with E-state index in [-0.39, 0.29) is 16.6 Å². The molecule has 7 heteroatoms. The Labute approximate surface area is 124 Å². The van der Waals surface area contributed by atoms with E-state index in [9.17, 15) is 13.2 Å². The lowest BCUT2D eigenvalue weighted by Gasteiger charge is -2.10. The van der Waals surface area contributed by atoms with Gasteiger partial charge in [-0.05, 0) is 18.6 Å². The Morgan fingerprint density at radius 3 is 2.57 bits per heavy atom. The number of hydrogen-bond donors (Lipinski definition) is 1. The number of rotatable bonds is 5. The first-order valence-electron chi connectivity index (χ1n) is 6.24. The normalized spacial score (nSPS) is 10.5. The number of nitrogens with zero attached hydrogens (tertiary/aromatic N) is 1. The minimum atomic E-state index is -0.963. The molecule has 112 valence electrons. The molecule has 0 bridgehead atoms. The number of nitrogens with one attached hydrogen (secondary N) is 1. The smallest absolute Gasteiger partial charge is 0.258 e. The molecule has 0 aliphatic heterocycles. The monoisotopic (exact) mass is 316 g/mol. The van der Waals surface area contributed by atoms with Crippen molar-refractivity contribution in [3.63, 3.8) is 0 Å². The van der Waals surface area contributed by atoms with Gasteiger partial charge in [-0.3, -0.25) is 0 Å². The van der Waals surface area contributed by atoms with Gasteiger partial charge in [-0.2, -0.15) is 4.98 Å². The third kappa shape index (κ3) is 3.78. The molecule has 1 heterocycles. The second kappa shape index (κ2) is 6.67. The van der Waals surface area contributed by atoms with E-state index in [4.69, 9.17) is 16.3 Å². The van der Waals surface area contributed by atoms with Crippen LogP contribution in [-0.2, 0) is 0 Å². The van der Waals surface area contributed by atoms with E-state index in [1.165, 1.54) is 12.1 Å². The van der Waals surface area contributed by atoms with Crippen molar-refractivity contribution in [3.05, 3.63) is 46.7 Å². The Morgan fingerprint density at radius 1 is 1.14 bits per heavy atom. The second-order valence-electron chi connectivity index (χ2n) is 4.21. The van der Waals surface area contributed by atoms with E-state index in [0.29, 0.717) is 12.6 Å². The molecular weight excluding hydrogens is 305 g/mol. The van der Waals surface area contributed by atoms with Gasteiger partial charge in [0, 0.05) is 18.7 Å². The van der Waals surface area contributed by atoms with E-state index in [0.717, 1.165) is 12.5 Å². The van der Waals surface area contributed by atoms with Gasteiger partial charge in [-0.1, -0.05) is 18.5 Å². The zero-order valence-electron chi connectivity index (χ0n) is 11.1. The minimum absolute atomic E-state index is 0.0980. The van der Waals surface area contributed by atoms with E-state index in [1.807, 2.05) is 6.92 Å². The van der Waals surface area contributed by atoms with Crippen molar-refractivity contribution >= 4 is 17.4 Å². The van der Waals surface area contributed by atoms with E-state index < -0.39 is 23.3 Å². The predicted molar refractivity (Wildman–Crippen MR) is 74.4 cm³/mol. The standard InChI is InChI=1S/C14H12ClF3N2O/c1-2-5-19-13-11(17)7-12(18)14(20-13)21-8-3-4-10(16)9(15)6-8/h3-4,6-7H,2,5H2,1H3,(H,19,20). The largest absolute Gasteiger partial charge is 0.436 e. The first kappa shape index (κ1) is 15.4. The summed E-state index contributed by atoms with van der Waals surface area (Å²) in [6.45, 7) is 2.38. The number of anilines is 1. The van der Waals surface area contributed by atoms with Crippen LogP contribution in [-0.4, -0.2) is 11.5 Å². The molecule has 0 fully saturated rings. The van der Waals surface area contributed by atoms with Crippen LogP contribution in [0.5, 0.6) is 11.6 Å². The first-order chi connectivity index (χ1) is 10.0. The van der Waals surface area contributed by atoms with Gasteiger partial charge in [-0.25, -0.2) is 13.2 Å². The van der Waals surface area contributed by atoms with Crippen LogP contribution in [0.4, 0.5) is 19.0 Å². The Balaban J connectivity index is 2.28. The summed E-state index contributed by atoms with van der Waals surface area (Å²) in [5.74, 6) is -2.83. The lowest BCUT2D eigenvalue weighted by atomic mass is 10.3. The van der Waals surface area contributed by atoms with E-state index in [2.05, 4.69) is 10.3 Å². The SMILES string of the molecule is CCCNc1nc(Oc2ccc(F)c(Cl)c2)c(F)cc1F. The van der Waals surface area contributed by atoms with Crippen LogP contribution in [0.1, 0.15) is 13.3 Å². The maximum atomic E-state index is 13.7. The molecular formula is C14H12ClF3N2O. The summed E-state index contributed by atoms with van der Waals surface area (Å²) in [6, 6.07) is 4.20. The molecule has 0 radical (unpaired) electrons. The van der Waals surface area contributed by atoms with Crippen molar-refractivity contribution < 1.29 is 17.9 Å². The number of halogens is 4. The molecule has 0 aliphatic rings. The quantitative estimate of drug-likeness (QED) is 0.863. The number of pyridine rings is 1. The number of aromatic nitrogens is 1. The lowest BCUT2D eigenvalue weighted by Crippen LogP contribution is -2.06. The Kier molecular flexibility index (Phi) is 4.90. The molecule has 2 aromatic rings. The Morgan fingerprint density at radius 2 is 1.90 bits per heavy atom. The molecule has 0 amide bonds. The molecule has 0 aliphatic carbocycles. The van der Waals surface area contributed by atoms with Crippen molar-refractivity contribution in [2.45, 2.75) is 13.3 Å². The summed E-state index contributed by atoms with van der Waals surface area (Å²) < 4.78 is 45.4. The topological polar surface area (TPSA) is 34.2 Å². The van der Waals surface area contributed by atoms with Crippen LogP contribution in [0.2, 0.25) is 5.02 Å². The van der Waals surface area contributed by atoms with Crippen LogP contribution >= 0.6 is 11.6 Å². The molecule has 3 nitrogen and oxygen atoms in total. The van der Waals surface area contributed by atoms with Crippen molar-refractivity contribution in [1.29, 1.82) is 0 Å². The fourth-order valence-electron chi connectivity index (χ4n) is 1.54. The third-order valence-electron chi connectivity index (χ3n) is 2.55. The molecule has 21 heavy (non-hydrogen) atoms. The highest BCUT2D eigenvalue weighted by Gasteiger charge is 2.14. The van der Waals surface area contributed by atoms with Gasteiger partial charge in [-0.15, -0.1) is 0 Å². The average Bonchev–Trinajstić information content (AvgIpc) is 2.44. The summed E-state index contributed by atoms with van der Waals surface area (Å²) in [7, 11) is 0. The summed E-state index contributed by atoms with van der Waals surface area (Å²) in [5.41, 5.74) is 0. The summed E-state index contributed by atoms with van der Waals surface area (Å²) in [5, 5.41) is 2.55. The van der Waals surface area contributed by atoms with Gasteiger partial charge in [0.05, 0.1) is 5.02 Å². The highest BCUT2D eigenvalue weighted by atomic mass is 35.5. The molecule has 0 saturated heterocycles. The molecule has 1 aromatic heterocycles. The minimum Gasteiger partial charge on any atom is -0.436 e. The van der Waals surface area contributed by atoms with E-state index in [1.54, 1.807) is 0 Å². The fraction of sp³-hybridized carbons (Fsp3) is 0.214. The van der Waals surface area contributed by atoms with Gasteiger partial charge in [0.25, 0.3) is 5.88 Å². The third-order valence-corrected chi connectivity index (χ3v) is 2.84. The Bertz CT molecular complexity index is 652. The van der Waals surface area contributed by atoms with Gasteiger partial charge in [0.1, 0.15) is 11.6 Å². The fourth-order valence-corrected chi connectivity index (χ4v) is 1.71. The van der Waals surface area contributed by atoms with Crippen LogP contribution in [0.15, 0.2) is 24.3 Å². The van der Waals surface area contributed by atoms with Crippen LogP contribution < -0.4 is 10.1 Å². The molecule has 2 rings (SSSR count). The molecule has 0 atom stereocenters. The zero-order chi connectivity index (χ0) is 15.4. The predicted octanol–water partition coefficient (Wildman–Crippen LogP) is 4.77. The summed E-state index contributed by atoms with van der Waals surface area (Å²) in [4.78, 5) is 3.74. The lowest BCUT2D eigenvalue weighted by molar-refractivity contribution is 0.417. The van der Waals surface area contributed by atoms with Crippen molar-refractivity contribution in [2.24, 2.45) is 0 Å². The molecule has 1 N–H and O–H groups in total. The number of benzene rings is 1. The van der Waals surface area contributed by atoms with Crippen molar-refractivity contribution in [3.8, 4) is 11.6 Å². The zero-order valence-corrected chi connectivity index (χ0v) is 11.8. The van der Waals surface area contributed by atoms with Crippen LogP contribution in [0, 0.1) is 17.5 Å². The summed E-state index contributed by atoms with van der Waals surface area (Å²) >= 11 is 5.60. The maximum absolute atomic E-state index is 13.7. The molecule has 0 spiro atoms. The molecule has 1 aromatic carbocycles. The van der Waals surface area contributed by atoms with Gasteiger partial charge in [0.15, 0.2) is 17.5 Å². The Hall–Kier alpha value is -1.95. The second-order valence-corrected chi connectivity index (χ2v) is 4.62. The van der Waals surface area contributed by atoms with E-state index >= 15 is 0 Å². The highest BCUT2D eigenvalue weighted by Crippen LogP contribution is 2.28. The maximum Gasteiger partial charge on any atom is 0.258 e. The molecule has 0 saturated carbocycles.